The normalized spacial score (nSPS) is 11.6. The molecule has 4 heteroatoms. The summed E-state index contributed by atoms with van der Waals surface area (Å²) in [4.78, 5) is 21.4. The summed E-state index contributed by atoms with van der Waals surface area (Å²) in [6.07, 6.45) is 10.6. The van der Waals surface area contributed by atoms with Gasteiger partial charge in [0.15, 0.2) is 5.82 Å². The molecule has 1 N–H and O–H groups in total. The highest BCUT2D eigenvalue weighted by atomic mass is 16.1. The minimum absolute atomic E-state index is 0.101. The molecule has 0 bridgehead atoms. The standard InChI is InChI=1S/C27H25N3O/c1-3-4-7-12-20(2)17-24-27(31)30-19-25(22-15-10-6-11-16-22)28-23(26(30)29-24)18-21-13-8-5-9-14-21/h3-16,19,28H,2,17-18H2,1H3/b4-3-,12-7-. The molecule has 154 valence electrons. The Morgan fingerprint density at radius 1 is 1.06 bits per heavy atom. The van der Waals surface area contributed by atoms with Crippen LogP contribution in [0.5, 0.6) is 0 Å². The molecule has 2 aliphatic rings. The minimum atomic E-state index is -0.101. The van der Waals surface area contributed by atoms with E-state index in [0.717, 1.165) is 28.1 Å². The van der Waals surface area contributed by atoms with Gasteiger partial charge in [-0.1, -0.05) is 91.5 Å². The fraction of sp³-hybridized carbons (Fsp3) is 0.111. The van der Waals surface area contributed by atoms with E-state index in [1.54, 1.807) is 4.57 Å². The molecule has 0 saturated heterocycles. The molecule has 2 aromatic carbocycles. The maximum atomic E-state index is 13.2. The summed E-state index contributed by atoms with van der Waals surface area (Å²) in [5, 5.41) is 0. The van der Waals surface area contributed by atoms with Crippen molar-refractivity contribution in [3.05, 3.63) is 131 Å². The Bertz CT molecular complexity index is 1260. The van der Waals surface area contributed by atoms with E-state index in [1.807, 2.05) is 86.0 Å². The molecule has 0 unspecified atom stereocenters. The zero-order chi connectivity index (χ0) is 21.6. The smallest absolute Gasteiger partial charge is 0.278 e. The maximum absolute atomic E-state index is 13.2. The van der Waals surface area contributed by atoms with Gasteiger partial charge in [0.25, 0.3) is 5.56 Å². The number of aromatic amines is 1. The average molecular weight is 408 g/mol. The SMILES string of the molecule is C=C(/C=C\C=C/C)Cc1nc2c(Cc3ccccc3)[nH]c(-c3ccccc3)cn-2c1=O. The van der Waals surface area contributed by atoms with Gasteiger partial charge in [0.1, 0.15) is 5.69 Å². The Kier molecular flexibility index (Phi) is 6.08. The second-order valence-electron chi connectivity index (χ2n) is 7.45. The van der Waals surface area contributed by atoms with Gasteiger partial charge in [-0.3, -0.25) is 9.36 Å². The molecule has 31 heavy (non-hydrogen) atoms. The Morgan fingerprint density at radius 3 is 2.48 bits per heavy atom. The van der Waals surface area contributed by atoms with Crippen LogP contribution in [0.3, 0.4) is 0 Å². The van der Waals surface area contributed by atoms with Gasteiger partial charge in [0.05, 0.1) is 11.4 Å². The molecule has 2 aliphatic heterocycles. The second kappa shape index (κ2) is 9.26. The summed E-state index contributed by atoms with van der Waals surface area (Å²) < 4.78 is 1.66. The van der Waals surface area contributed by atoms with E-state index in [-0.39, 0.29) is 5.56 Å². The Balaban J connectivity index is 1.80. The number of rotatable bonds is 7. The third kappa shape index (κ3) is 4.64. The predicted octanol–water partition coefficient (Wildman–Crippen LogP) is 5.49. The zero-order valence-electron chi connectivity index (χ0n) is 17.6. The van der Waals surface area contributed by atoms with Crippen LogP contribution >= 0.6 is 0 Å². The molecule has 0 aromatic heterocycles. The van der Waals surface area contributed by atoms with Crippen molar-refractivity contribution in [2.45, 2.75) is 19.8 Å². The zero-order valence-corrected chi connectivity index (χ0v) is 17.6. The summed E-state index contributed by atoms with van der Waals surface area (Å²) in [6.45, 7) is 6.03. The van der Waals surface area contributed by atoms with Gasteiger partial charge in [-0.2, -0.15) is 0 Å². The number of nitrogens with zero attached hydrogens (tertiary/aromatic N) is 2. The van der Waals surface area contributed by atoms with Crippen molar-refractivity contribution in [1.82, 2.24) is 14.5 Å². The molecule has 0 saturated carbocycles. The van der Waals surface area contributed by atoms with Gasteiger partial charge < -0.3 is 4.98 Å². The maximum Gasteiger partial charge on any atom is 0.278 e. The highest BCUT2D eigenvalue weighted by Gasteiger charge is 2.20. The minimum Gasteiger partial charge on any atom is -0.354 e. The van der Waals surface area contributed by atoms with Gasteiger partial charge in [-0.15, -0.1) is 0 Å². The fourth-order valence-electron chi connectivity index (χ4n) is 3.56. The van der Waals surface area contributed by atoms with E-state index in [0.29, 0.717) is 24.4 Å². The molecular formula is C27H25N3O. The van der Waals surface area contributed by atoms with E-state index in [1.165, 1.54) is 0 Å². The lowest BCUT2D eigenvalue weighted by Crippen LogP contribution is -2.17. The first-order valence-electron chi connectivity index (χ1n) is 10.4. The van der Waals surface area contributed by atoms with Gasteiger partial charge in [0.2, 0.25) is 0 Å². The van der Waals surface area contributed by atoms with Gasteiger partial charge >= 0.3 is 0 Å². The van der Waals surface area contributed by atoms with E-state index < -0.39 is 0 Å². The topological polar surface area (TPSA) is 50.7 Å². The van der Waals surface area contributed by atoms with Crippen LogP contribution in [0.4, 0.5) is 0 Å². The molecule has 0 radical (unpaired) electrons. The van der Waals surface area contributed by atoms with Crippen LogP contribution in [-0.2, 0) is 12.8 Å². The van der Waals surface area contributed by atoms with Crippen LogP contribution in [0.25, 0.3) is 17.1 Å². The Morgan fingerprint density at radius 2 is 1.77 bits per heavy atom. The van der Waals surface area contributed by atoms with Crippen LogP contribution < -0.4 is 5.56 Å². The lowest BCUT2D eigenvalue weighted by atomic mass is 10.1. The van der Waals surface area contributed by atoms with Gasteiger partial charge in [-0.05, 0) is 23.6 Å². The lowest BCUT2D eigenvalue weighted by molar-refractivity contribution is 0.914. The van der Waals surface area contributed by atoms with Crippen molar-refractivity contribution in [2.75, 3.05) is 0 Å². The number of aromatic nitrogens is 3. The number of imidazole rings is 1. The van der Waals surface area contributed by atoms with Crippen molar-refractivity contribution in [2.24, 2.45) is 0 Å². The molecule has 0 amide bonds. The third-order valence-electron chi connectivity index (χ3n) is 5.09. The molecule has 4 nitrogen and oxygen atoms in total. The predicted molar refractivity (Wildman–Crippen MR) is 127 cm³/mol. The highest BCUT2D eigenvalue weighted by molar-refractivity contribution is 5.60. The number of H-pyrrole nitrogens is 1. The van der Waals surface area contributed by atoms with Crippen molar-refractivity contribution in [1.29, 1.82) is 0 Å². The molecular weight excluding hydrogens is 382 g/mol. The Labute approximate surface area is 182 Å². The van der Waals surface area contributed by atoms with Gasteiger partial charge in [0, 0.05) is 19.0 Å². The summed E-state index contributed by atoms with van der Waals surface area (Å²) in [5.74, 6) is 0.661. The number of benzene rings is 2. The Hall–Kier alpha value is -3.92. The number of hydrogen-bond donors (Lipinski definition) is 1. The molecule has 2 aromatic rings. The average Bonchev–Trinajstić information content (AvgIpc) is 3.11. The molecule has 0 fully saturated rings. The largest absolute Gasteiger partial charge is 0.354 e. The number of hydrogen-bond acceptors (Lipinski definition) is 2. The first kappa shape index (κ1) is 20.4. The number of allylic oxidation sites excluding steroid dienone is 5. The molecule has 0 atom stereocenters. The molecule has 4 rings (SSSR count). The van der Waals surface area contributed by atoms with Crippen LogP contribution in [0.15, 0.2) is 108 Å². The van der Waals surface area contributed by atoms with Crippen molar-refractivity contribution >= 4 is 0 Å². The van der Waals surface area contributed by atoms with Crippen molar-refractivity contribution in [3.63, 3.8) is 0 Å². The van der Waals surface area contributed by atoms with Crippen molar-refractivity contribution < 1.29 is 0 Å². The van der Waals surface area contributed by atoms with Crippen LogP contribution in [-0.4, -0.2) is 14.5 Å². The molecule has 0 aliphatic carbocycles. The summed E-state index contributed by atoms with van der Waals surface area (Å²) in [7, 11) is 0. The van der Waals surface area contributed by atoms with Crippen LogP contribution in [0, 0.1) is 0 Å². The fourth-order valence-corrected chi connectivity index (χ4v) is 3.56. The van der Waals surface area contributed by atoms with Crippen LogP contribution in [0.1, 0.15) is 23.9 Å². The summed E-state index contributed by atoms with van der Waals surface area (Å²) in [6, 6.07) is 20.2. The second-order valence-corrected chi connectivity index (χ2v) is 7.45. The van der Waals surface area contributed by atoms with E-state index >= 15 is 0 Å². The van der Waals surface area contributed by atoms with E-state index in [9.17, 15) is 4.79 Å². The number of fused-ring (bicyclic) bond motifs is 1. The quantitative estimate of drug-likeness (QED) is 0.412. The van der Waals surface area contributed by atoms with Crippen LogP contribution in [0.2, 0.25) is 0 Å². The first-order chi connectivity index (χ1) is 15.2. The number of nitrogens with one attached hydrogen (secondary N) is 1. The third-order valence-corrected chi connectivity index (χ3v) is 5.09. The monoisotopic (exact) mass is 407 g/mol. The van der Waals surface area contributed by atoms with E-state index in [4.69, 9.17) is 4.98 Å². The highest BCUT2D eigenvalue weighted by Crippen LogP contribution is 2.23. The molecule has 0 spiro atoms. The first-order valence-corrected chi connectivity index (χ1v) is 10.4. The lowest BCUT2D eigenvalue weighted by Gasteiger charge is -2.13. The summed E-state index contributed by atoms with van der Waals surface area (Å²) >= 11 is 0. The van der Waals surface area contributed by atoms with E-state index in [2.05, 4.69) is 23.7 Å². The van der Waals surface area contributed by atoms with Crippen molar-refractivity contribution in [3.8, 4) is 17.1 Å². The molecule has 2 heterocycles. The van der Waals surface area contributed by atoms with Gasteiger partial charge in [-0.25, -0.2) is 4.98 Å². The summed E-state index contributed by atoms with van der Waals surface area (Å²) in [5.41, 5.74) is 5.21.